The van der Waals surface area contributed by atoms with Gasteiger partial charge >= 0.3 is 0 Å². The van der Waals surface area contributed by atoms with Gasteiger partial charge in [0.15, 0.2) is 0 Å². The summed E-state index contributed by atoms with van der Waals surface area (Å²) < 4.78 is 19.3. The molecule has 0 radical (unpaired) electrons. The Bertz CT molecular complexity index is 589. The van der Waals surface area contributed by atoms with Gasteiger partial charge in [-0.05, 0) is 58.2 Å². The molecule has 0 unspecified atom stereocenters. The van der Waals surface area contributed by atoms with Crippen molar-refractivity contribution in [3.05, 3.63) is 63.9 Å². The van der Waals surface area contributed by atoms with E-state index in [0.717, 1.165) is 25.1 Å². The highest BCUT2D eigenvalue weighted by molar-refractivity contribution is 9.10. The third-order valence-corrected chi connectivity index (χ3v) is 3.65. The van der Waals surface area contributed by atoms with Crippen molar-refractivity contribution in [2.45, 2.75) is 26.5 Å². The maximum Gasteiger partial charge on any atom is 0.137 e. The number of benzene rings is 2. The summed E-state index contributed by atoms with van der Waals surface area (Å²) >= 11 is 3.16. The van der Waals surface area contributed by atoms with E-state index in [0.29, 0.717) is 16.8 Å². The smallest absolute Gasteiger partial charge is 0.137 e. The van der Waals surface area contributed by atoms with Crippen molar-refractivity contribution in [1.29, 1.82) is 0 Å². The lowest BCUT2D eigenvalue weighted by atomic mass is 10.1. The van der Waals surface area contributed by atoms with Crippen LogP contribution >= 0.6 is 15.9 Å². The summed E-state index contributed by atoms with van der Waals surface area (Å²) in [5.74, 6) is 0.365. The Kier molecular flexibility index (Phi) is 6.21. The molecule has 0 aromatic heterocycles. The second-order valence-corrected chi connectivity index (χ2v) is 5.72. The molecule has 2 rings (SSSR count). The first-order valence-corrected chi connectivity index (χ1v) is 7.84. The molecule has 0 saturated heterocycles. The molecule has 4 heteroatoms. The SMILES string of the molecule is CCCNCc1cccc(COc2ccc(F)c(Br)c2)c1. The molecule has 2 aromatic rings. The second kappa shape index (κ2) is 8.15. The third-order valence-electron chi connectivity index (χ3n) is 3.04. The lowest BCUT2D eigenvalue weighted by Gasteiger charge is -2.09. The Morgan fingerprint density at radius 1 is 1.14 bits per heavy atom. The molecule has 0 atom stereocenters. The molecule has 0 amide bonds. The van der Waals surface area contributed by atoms with Crippen molar-refractivity contribution >= 4 is 15.9 Å². The number of halogens is 2. The van der Waals surface area contributed by atoms with Crippen molar-refractivity contribution in [3.63, 3.8) is 0 Å². The first kappa shape index (κ1) is 16.0. The van der Waals surface area contributed by atoms with Gasteiger partial charge in [-0.2, -0.15) is 0 Å². The van der Waals surface area contributed by atoms with Gasteiger partial charge in [-0.1, -0.05) is 31.2 Å². The number of hydrogen-bond donors (Lipinski definition) is 1. The minimum Gasteiger partial charge on any atom is -0.489 e. The van der Waals surface area contributed by atoms with Crippen LogP contribution in [0.3, 0.4) is 0 Å². The fraction of sp³-hybridized carbons (Fsp3) is 0.294. The number of ether oxygens (including phenoxy) is 1. The van der Waals surface area contributed by atoms with Crippen LogP contribution in [0.15, 0.2) is 46.9 Å². The highest BCUT2D eigenvalue weighted by Gasteiger charge is 2.02. The molecule has 0 heterocycles. The minimum atomic E-state index is -0.286. The van der Waals surface area contributed by atoms with Gasteiger partial charge in [0.25, 0.3) is 0 Å². The van der Waals surface area contributed by atoms with Crippen molar-refractivity contribution in [3.8, 4) is 5.75 Å². The van der Waals surface area contributed by atoms with Crippen molar-refractivity contribution in [1.82, 2.24) is 5.32 Å². The van der Waals surface area contributed by atoms with E-state index in [2.05, 4.69) is 40.3 Å². The molecule has 1 N–H and O–H groups in total. The summed E-state index contributed by atoms with van der Waals surface area (Å²) in [6.07, 6.45) is 1.13. The Morgan fingerprint density at radius 3 is 2.71 bits per heavy atom. The lowest BCUT2D eigenvalue weighted by Crippen LogP contribution is -2.13. The summed E-state index contributed by atoms with van der Waals surface area (Å²) in [7, 11) is 0. The molecule has 2 aromatic carbocycles. The van der Waals surface area contributed by atoms with Gasteiger partial charge in [0, 0.05) is 6.54 Å². The van der Waals surface area contributed by atoms with Gasteiger partial charge < -0.3 is 10.1 Å². The van der Waals surface area contributed by atoms with Crippen LogP contribution in [0, 0.1) is 5.82 Å². The Morgan fingerprint density at radius 2 is 1.95 bits per heavy atom. The van der Waals surface area contributed by atoms with Crippen LogP contribution in [-0.4, -0.2) is 6.54 Å². The van der Waals surface area contributed by atoms with Crippen LogP contribution in [0.1, 0.15) is 24.5 Å². The molecule has 0 spiro atoms. The highest BCUT2D eigenvalue weighted by atomic mass is 79.9. The summed E-state index contributed by atoms with van der Waals surface area (Å²) in [5, 5.41) is 3.38. The van der Waals surface area contributed by atoms with E-state index in [-0.39, 0.29) is 5.82 Å². The zero-order valence-electron chi connectivity index (χ0n) is 12.0. The van der Waals surface area contributed by atoms with E-state index < -0.39 is 0 Å². The predicted molar refractivity (Wildman–Crippen MR) is 86.9 cm³/mol. The first-order chi connectivity index (χ1) is 10.2. The molecule has 21 heavy (non-hydrogen) atoms. The van der Waals surface area contributed by atoms with E-state index >= 15 is 0 Å². The zero-order valence-corrected chi connectivity index (χ0v) is 13.6. The highest BCUT2D eigenvalue weighted by Crippen LogP contribution is 2.22. The molecular formula is C17H19BrFNO. The topological polar surface area (TPSA) is 21.3 Å². The van der Waals surface area contributed by atoms with Crippen LogP contribution in [-0.2, 0) is 13.2 Å². The molecule has 0 bridgehead atoms. The summed E-state index contributed by atoms with van der Waals surface area (Å²) in [6, 6.07) is 12.9. The molecule has 0 fully saturated rings. The molecule has 0 aliphatic carbocycles. The number of hydrogen-bond acceptors (Lipinski definition) is 2. The Hall–Kier alpha value is -1.39. The minimum absolute atomic E-state index is 0.286. The van der Waals surface area contributed by atoms with Crippen LogP contribution in [0.5, 0.6) is 5.75 Å². The third kappa shape index (κ3) is 5.14. The average Bonchev–Trinajstić information content (AvgIpc) is 2.49. The van der Waals surface area contributed by atoms with Crippen LogP contribution in [0.25, 0.3) is 0 Å². The van der Waals surface area contributed by atoms with Crippen molar-refractivity contribution in [2.75, 3.05) is 6.54 Å². The fourth-order valence-electron chi connectivity index (χ4n) is 1.97. The van der Waals surface area contributed by atoms with Crippen LogP contribution in [0.2, 0.25) is 0 Å². The van der Waals surface area contributed by atoms with Crippen molar-refractivity contribution in [2.24, 2.45) is 0 Å². The van der Waals surface area contributed by atoms with Crippen molar-refractivity contribution < 1.29 is 9.13 Å². The maximum absolute atomic E-state index is 13.2. The van der Waals surface area contributed by atoms with Gasteiger partial charge in [0.1, 0.15) is 18.2 Å². The summed E-state index contributed by atoms with van der Waals surface area (Å²) in [6.45, 7) is 4.51. The van der Waals surface area contributed by atoms with Gasteiger partial charge in [-0.25, -0.2) is 4.39 Å². The van der Waals surface area contributed by atoms with E-state index in [1.807, 2.05) is 12.1 Å². The quantitative estimate of drug-likeness (QED) is 0.732. The van der Waals surface area contributed by atoms with Gasteiger partial charge in [-0.3, -0.25) is 0 Å². The lowest BCUT2D eigenvalue weighted by molar-refractivity contribution is 0.305. The van der Waals surface area contributed by atoms with Crippen LogP contribution in [0.4, 0.5) is 4.39 Å². The standard InChI is InChI=1S/C17H19BrFNO/c1-2-8-20-11-13-4-3-5-14(9-13)12-21-15-6-7-17(19)16(18)10-15/h3-7,9-10,20H,2,8,11-12H2,1H3. The average molecular weight is 352 g/mol. The summed E-state index contributed by atoms with van der Waals surface area (Å²) in [5.41, 5.74) is 2.34. The molecule has 112 valence electrons. The second-order valence-electron chi connectivity index (χ2n) is 4.86. The summed E-state index contributed by atoms with van der Waals surface area (Å²) in [4.78, 5) is 0. The monoisotopic (exact) mass is 351 g/mol. The predicted octanol–water partition coefficient (Wildman–Crippen LogP) is 4.67. The Labute approximate surface area is 133 Å². The normalized spacial score (nSPS) is 10.6. The zero-order chi connectivity index (χ0) is 15.1. The molecule has 0 aliphatic rings. The largest absolute Gasteiger partial charge is 0.489 e. The van der Waals surface area contributed by atoms with E-state index in [4.69, 9.17) is 4.74 Å². The fourth-order valence-corrected chi connectivity index (χ4v) is 2.33. The number of nitrogens with one attached hydrogen (secondary N) is 1. The van der Waals surface area contributed by atoms with Gasteiger partial charge in [0.05, 0.1) is 4.47 Å². The number of rotatable bonds is 7. The molecule has 2 nitrogen and oxygen atoms in total. The van der Waals surface area contributed by atoms with E-state index in [9.17, 15) is 4.39 Å². The van der Waals surface area contributed by atoms with Crippen LogP contribution < -0.4 is 10.1 Å². The van der Waals surface area contributed by atoms with Gasteiger partial charge in [-0.15, -0.1) is 0 Å². The molecular weight excluding hydrogens is 333 g/mol. The molecule has 0 aliphatic heterocycles. The maximum atomic E-state index is 13.2. The van der Waals surface area contributed by atoms with E-state index in [1.54, 1.807) is 12.1 Å². The van der Waals surface area contributed by atoms with Gasteiger partial charge in [0.2, 0.25) is 0 Å². The first-order valence-electron chi connectivity index (χ1n) is 7.05. The molecule has 0 saturated carbocycles. The Balaban J connectivity index is 1.93. The van der Waals surface area contributed by atoms with E-state index in [1.165, 1.54) is 11.6 Å².